The third kappa shape index (κ3) is 6.20. The van der Waals surface area contributed by atoms with Crippen molar-refractivity contribution in [3.8, 4) is 5.75 Å². The molecule has 0 fully saturated rings. The molecule has 0 radical (unpaired) electrons. The van der Waals surface area contributed by atoms with E-state index in [9.17, 15) is 31.5 Å². The fourth-order valence-electron chi connectivity index (χ4n) is 2.31. The van der Waals surface area contributed by atoms with Crippen LogP contribution in [0.1, 0.15) is 24.2 Å². The van der Waals surface area contributed by atoms with Crippen molar-refractivity contribution in [1.29, 1.82) is 0 Å². The average molecular weight is 466 g/mol. The molecule has 0 spiro atoms. The number of alkyl halides is 3. The molecule has 2 aromatic rings. The lowest BCUT2D eigenvalue weighted by molar-refractivity contribution is -0.189. The summed E-state index contributed by atoms with van der Waals surface area (Å²) >= 11 is 5.83. The minimum Gasteiger partial charge on any atom is -0.480 e. The first kappa shape index (κ1) is 24.2. The van der Waals surface area contributed by atoms with Gasteiger partial charge in [0.15, 0.2) is 6.10 Å². The number of ether oxygens (including phenoxy) is 1. The second-order valence-corrected chi connectivity index (χ2v) is 6.57. The first-order valence-corrected chi connectivity index (χ1v) is 9.19. The molecule has 31 heavy (non-hydrogen) atoms. The lowest BCUT2D eigenvalue weighted by Crippen LogP contribution is -2.32. The number of anilines is 2. The Morgan fingerprint density at radius 3 is 2.39 bits per heavy atom. The van der Waals surface area contributed by atoms with Gasteiger partial charge in [-0.1, -0.05) is 17.7 Å². The van der Waals surface area contributed by atoms with Crippen molar-refractivity contribution in [2.24, 2.45) is 0 Å². The highest BCUT2D eigenvalue weighted by molar-refractivity contribution is 6.34. The van der Waals surface area contributed by atoms with Crippen molar-refractivity contribution in [2.75, 3.05) is 17.2 Å². The maximum Gasteiger partial charge on any atom is 0.425 e. The van der Waals surface area contributed by atoms with Gasteiger partial charge in [-0.25, -0.2) is 13.6 Å². The van der Waals surface area contributed by atoms with E-state index in [1.165, 1.54) is 12.1 Å². The second kappa shape index (κ2) is 9.82. The molecule has 0 heterocycles. The van der Waals surface area contributed by atoms with Crippen LogP contribution in [-0.4, -0.2) is 30.8 Å². The van der Waals surface area contributed by atoms with Gasteiger partial charge in [0, 0.05) is 12.6 Å². The monoisotopic (exact) mass is 465 g/mol. The van der Waals surface area contributed by atoms with Crippen LogP contribution in [0.2, 0.25) is 5.02 Å². The topological polar surface area (TPSA) is 79.5 Å². The Morgan fingerprint density at radius 2 is 1.81 bits per heavy atom. The molecule has 0 bridgehead atoms. The Morgan fingerprint density at radius 1 is 1.13 bits per heavy atom. The number of urea groups is 1. The summed E-state index contributed by atoms with van der Waals surface area (Å²) < 4.78 is 72.1. The maximum absolute atomic E-state index is 14.5. The number of benzene rings is 2. The van der Waals surface area contributed by atoms with Crippen molar-refractivity contribution >= 4 is 34.9 Å². The molecule has 0 aliphatic carbocycles. The summed E-state index contributed by atoms with van der Waals surface area (Å²) in [4.78, 5) is 24.2. The SMILES string of the molecule is CCNC(=O)Nc1cc(O[C@@H](C)C(F)(F)F)c(C(=O)Nc2c(F)cccc2Cl)cc1F. The van der Waals surface area contributed by atoms with Gasteiger partial charge in [0.05, 0.1) is 22.0 Å². The molecule has 0 aliphatic rings. The Kier molecular flexibility index (Phi) is 7.66. The Hall–Kier alpha value is -3.08. The van der Waals surface area contributed by atoms with Gasteiger partial charge in [-0.3, -0.25) is 4.79 Å². The van der Waals surface area contributed by atoms with Gasteiger partial charge in [-0.2, -0.15) is 13.2 Å². The first-order chi connectivity index (χ1) is 14.4. The summed E-state index contributed by atoms with van der Waals surface area (Å²) in [6.45, 7) is 2.47. The fraction of sp³-hybridized carbons (Fsp3) is 0.263. The highest BCUT2D eigenvalue weighted by Gasteiger charge is 2.39. The van der Waals surface area contributed by atoms with Crippen molar-refractivity contribution in [1.82, 2.24) is 5.32 Å². The summed E-state index contributed by atoms with van der Waals surface area (Å²) in [5.74, 6) is -3.92. The number of hydrogen-bond acceptors (Lipinski definition) is 3. The zero-order valence-corrected chi connectivity index (χ0v) is 16.9. The van der Waals surface area contributed by atoms with Crippen LogP contribution in [0.4, 0.5) is 38.1 Å². The van der Waals surface area contributed by atoms with E-state index < -0.39 is 58.5 Å². The number of carbonyl (C=O) groups is 2. The molecule has 3 amide bonds. The molecule has 0 saturated heterocycles. The van der Waals surface area contributed by atoms with E-state index in [2.05, 4.69) is 16.0 Å². The van der Waals surface area contributed by atoms with Crippen LogP contribution in [0.3, 0.4) is 0 Å². The molecule has 0 unspecified atom stereocenters. The van der Waals surface area contributed by atoms with Gasteiger partial charge >= 0.3 is 12.2 Å². The highest BCUT2D eigenvalue weighted by Crippen LogP contribution is 2.33. The quantitative estimate of drug-likeness (QED) is 0.504. The Balaban J connectivity index is 2.47. The number of halogens is 6. The number of amides is 3. The van der Waals surface area contributed by atoms with E-state index in [0.29, 0.717) is 13.0 Å². The summed E-state index contributed by atoms with van der Waals surface area (Å²) in [6.07, 6.45) is -7.18. The van der Waals surface area contributed by atoms with Crippen molar-refractivity contribution < 1.29 is 36.3 Å². The second-order valence-electron chi connectivity index (χ2n) is 6.17. The van der Waals surface area contributed by atoms with Gasteiger partial charge < -0.3 is 20.7 Å². The van der Waals surface area contributed by atoms with Crippen LogP contribution in [-0.2, 0) is 0 Å². The molecule has 1 atom stereocenters. The summed E-state index contributed by atoms with van der Waals surface area (Å²) in [5, 5.41) is 6.31. The van der Waals surface area contributed by atoms with Crippen molar-refractivity contribution in [2.45, 2.75) is 26.1 Å². The molecule has 2 aromatic carbocycles. The van der Waals surface area contributed by atoms with Gasteiger partial charge in [0.25, 0.3) is 5.91 Å². The summed E-state index contributed by atoms with van der Waals surface area (Å²) in [5.41, 5.74) is -1.65. The van der Waals surface area contributed by atoms with E-state index in [0.717, 1.165) is 12.1 Å². The summed E-state index contributed by atoms with van der Waals surface area (Å²) in [7, 11) is 0. The fourth-order valence-corrected chi connectivity index (χ4v) is 2.52. The number of carbonyl (C=O) groups excluding carboxylic acids is 2. The molecule has 0 saturated carbocycles. The van der Waals surface area contributed by atoms with E-state index in [1.807, 2.05) is 0 Å². The van der Waals surface area contributed by atoms with Gasteiger partial charge in [0.2, 0.25) is 0 Å². The molecule has 6 nitrogen and oxygen atoms in total. The first-order valence-electron chi connectivity index (χ1n) is 8.81. The smallest absolute Gasteiger partial charge is 0.425 e. The van der Waals surface area contributed by atoms with E-state index in [1.54, 1.807) is 6.92 Å². The van der Waals surface area contributed by atoms with Gasteiger partial charge in [-0.15, -0.1) is 0 Å². The molecular formula is C19H17ClF5N3O3. The van der Waals surface area contributed by atoms with Crippen molar-refractivity contribution in [3.63, 3.8) is 0 Å². The lowest BCUT2D eigenvalue weighted by atomic mass is 10.1. The predicted octanol–water partition coefficient (Wildman–Crippen LogP) is 5.34. The van der Waals surface area contributed by atoms with Crippen LogP contribution in [0.5, 0.6) is 5.75 Å². The minimum absolute atomic E-state index is 0.186. The normalized spacial score (nSPS) is 12.1. The molecular weight excluding hydrogens is 449 g/mol. The maximum atomic E-state index is 14.5. The minimum atomic E-state index is -4.80. The van der Waals surface area contributed by atoms with Gasteiger partial charge in [0.1, 0.15) is 17.4 Å². The molecule has 12 heteroatoms. The number of para-hydroxylation sites is 1. The van der Waals surface area contributed by atoms with Crippen LogP contribution in [0.15, 0.2) is 30.3 Å². The van der Waals surface area contributed by atoms with Crippen LogP contribution in [0, 0.1) is 11.6 Å². The van der Waals surface area contributed by atoms with Crippen LogP contribution >= 0.6 is 11.6 Å². The zero-order chi connectivity index (χ0) is 23.3. The van der Waals surface area contributed by atoms with E-state index >= 15 is 0 Å². The summed E-state index contributed by atoms with van der Waals surface area (Å²) in [6, 6.07) is 3.99. The number of rotatable bonds is 6. The molecule has 0 aliphatic heterocycles. The predicted molar refractivity (Wildman–Crippen MR) is 105 cm³/mol. The zero-order valence-electron chi connectivity index (χ0n) is 16.2. The highest BCUT2D eigenvalue weighted by atomic mass is 35.5. The number of nitrogens with one attached hydrogen (secondary N) is 3. The Bertz CT molecular complexity index is 965. The lowest BCUT2D eigenvalue weighted by Gasteiger charge is -2.21. The average Bonchev–Trinajstić information content (AvgIpc) is 2.66. The largest absolute Gasteiger partial charge is 0.480 e. The third-order valence-electron chi connectivity index (χ3n) is 3.87. The van der Waals surface area contributed by atoms with E-state index in [-0.39, 0.29) is 11.6 Å². The van der Waals surface area contributed by atoms with Gasteiger partial charge in [-0.05, 0) is 32.0 Å². The third-order valence-corrected chi connectivity index (χ3v) is 4.18. The Labute approximate surface area is 178 Å². The molecule has 0 aromatic heterocycles. The molecule has 168 valence electrons. The molecule has 3 N–H and O–H groups in total. The van der Waals surface area contributed by atoms with Crippen molar-refractivity contribution in [3.05, 3.63) is 52.6 Å². The number of hydrogen-bond donors (Lipinski definition) is 3. The molecule has 2 rings (SSSR count). The van der Waals surface area contributed by atoms with E-state index in [4.69, 9.17) is 16.3 Å². The standard InChI is InChI=1S/C19H17ClF5N3O3/c1-3-26-18(30)27-14-8-15(31-9(2)19(23,24)25)10(7-13(14)22)17(29)28-16-11(20)5-4-6-12(16)21/h4-9H,3H2,1-2H3,(H,28,29)(H2,26,27,30)/t9-/m0/s1. The van der Waals surface area contributed by atoms with Crippen LogP contribution < -0.4 is 20.7 Å². The van der Waals surface area contributed by atoms with Crippen LogP contribution in [0.25, 0.3) is 0 Å².